The molecule has 1 saturated heterocycles. The highest BCUT2D eigenvalue weighted by Gasteiger charge is 2.34. The molecular weight excluding hydrogens is 200 g/mol. The van der Waals surface area contributed by atoms with E-state index in [0.717, 1.165) is 29.3 Å². The Morgan fingerprint density at radius 3 is 3.06 bits per heavy atom. The molecule has 2 heterocycles. The van der Waals surface area contributed by atoms with E-state index < -0.39 is 5.60 Å². The van der Waals surface area contributed by atoms with E-state index in [9.17, 15) is 5.11 Å². The van der Waals surface area contributed by atoms with Crippen LogP contribution in [0.1, 0.15) is 12.0 Å². The Bertz CT molecular complexity index is 513. The molecule has 1 fully saturated rings. The van der Waals surface area contributed by atoms with Crippen molar-refractivity contribution in [2.75, 3.05) is 13.1 Å². The van der Waals surface area contributed by atoms with Crippen molar-refractivity contribution in [3.8, 4) is 0 Å². The number of hydrogen-bond acceptors (Lipinski definition) is 3. The van der Waals surface area contributed by atoms with E-state index in [1.54, 1.807) is 6.20 Å². The molecule has 2 aromatic rings. The van der Waals surface area contributed by atoms with Crippen LogP contribution < -0.4 is 5.32 Å². The Hall–Kier alpha value is -1.45. The number of nitrogens with zero attached hydrogens (tertiary/aromatic N) is 1. The van der Waals surface area contributed by atoms with Gasteiger partial charge in [0.2, 0.25) is 0 Å². The van der Waals surface area contributed by atoms with Crippen LogP contribution in [0.2, 0.25) is 0 Å². The second kappa shape index (κ2) is 3.54. The van der Waals surface area contributed by atoms with Crippen molar-refractivity contribution in [3.63, 3.8) is 0 Å². The van der Waals surface area contributed by atoms with Crippen molar-refractivity contribution < 1.29 is 5.11 Å². The fourth-order valence-corrected chi connectivity index (χ4v) is 2.43. The van der Waals surface area contributed by atoms with Crippen LogP contribution in [0.4, 0.5) is 0 Å². The molecule has 3 heteroatoms. The van der Waals surface area contributed by atoms with Crippen LogP contribution in [0, 0.1) is 0 Å². The van der Waals surface area contributed by atoms with E-state index in [-0.39, 0.29) is 0 Å². The monoisotopic (exact) mass is 214 g/mol. The third-order valence-electron chi connectivity index (χ3n) is 3.32. The van der Waals surface area contributed by atoms with Crippen LogP contribution in [0.3, 0.4) is 0 Å². The van der Waals surface area contributed by atoms with Gasteiger partial charge in [-0.3, -0.25) is 4.98 Å². The molecule has 16 heavy (non-hydrogen) atoms. The van der Waals surface area contributed by atoms with Gasteiger partial charge in [0.05, 0.1) is 0 Å². The predicted molar refractivity (Wildman–Crippen MR) is 63.1 cm³/mol. The molecule has 1 aromatic carbocycles. The maximum Gasteiger partial charge on any atom is 0.104 e. The molecule has 1 aliphatic heterocycles. The van der Waals surface area contributed by atoms with Gasteiger partial charge < -0.3 is 10.4 Å². The van der Waals surface area contributed by atoms with Crippen LogP contribution in [-0.4, -0.2) is 23.2 Å². The summed E-state index contributed by atoms with van der Waals surface area (Å²) in [5.41, 5.74) is 0.255. The Morgan fingerprint density at radius 1 is 1.31 bits per heavy atom. The molecule has 1 unspecified atom stereocenters. The SMILES string of the molecule is OC1(c2cccc3ccncc23)CCNC1. The maximum atomic E-state index is 10.6. The summed E-state index contributed by atoms with van der Waals surface area (Å²) in [5, 5.41) is 16.0. The fraction of sp³-hybridized carbons (Fsp3) is 0.308. The maximum absolute atomic E-state index is 10.6. The number of hydrogen-bond donors (Lipinski definition) is 2. The van der Waals surface area contributed by atoms with E-state index in [1.165, 1.54) is 0 Å². The van der Waals surface area contributed by atoms with Crippen molar-refractivity contribution in [1.29, 1.82) is 0 Å². The highest BCUT2D eigenvalue weighted by Crippen LogP contribution is 2.32. The second-order valence-corrected chi connectivity index (χ2v) is 4.36. The molecule has 0 bridgehead atoms. The molecule has 1 atom stereocenters. The van der Waals surface area contributed by atoms with E-state index in [4.69, 9.17) is 0 Å². The Balaban J connectivity index is 2.23. The van der Waals surface area contributed by atoms with Crippen molar-refractivity contribution in [3.05, 3.63) is 42.2 Å². The van der Waals surface area contributed by atoms with Gasteiger partial charge in [0.15, 0.2) is 0 Å². The highest BCUT2D eigenvalue weighted by atomic mass is 16.3. The minimum Gasteiger partial charge on any atom is -0.384 e. The summed E-state index contributed by atoms with van der Waals surface area (Å²) >= 11 is 0. The summed E-state index contributed by atoms with van der Waals surface area (Å²) < 4.78 is 0. The Labute approximate surface area is 94.1 Å². The molecule has 0 radical (unpaired) electrons. The molecule has 0 amide bonds. The number of rotatable bonds is 1. The quantitative estimate of drug-likeness (QED) is 0.754. The molecule has 2 N–H and O–H groups in total. The molecule has 3 nitrogen and oxygen atoms in total. The summed E-state index contributed by atoms with van der Waals surface area (Å²) in [4.78, 5) is 4.14. The lowest BCUT2D eigenvalue weighted by Gasteiger charge is -2.23. The number of β-amino-alcohol motifs (C(OH)–C–C–N with tert-alkyl or cyclic N) is 1. The van der Waals surface area contributed by atoms with E-state index >= 15 is 0 Å². The molecule has 1 aromatic heterocycles. The zero-order valence-electron chi connectivity index (χ0n) is 8.98. The molecule has 0 spiro atoms. The van der Waals surface area contributed by atoms with Gasteiger partial charge in [0, 0.05) is 24.3 Å². The third kappa shape index (κ3) is 1.40. The number of aromatic nitrogens is 1. The second-order valence-electron chi connectivity index (χ2n) is 4.36. The van der Waals surface area contributed by atoms with Gasteiger partial charge in [-0.15, -0.1) is 0 Å². The highest BCUT2D eigenvalue weighted by molar-refractivity contribution is 5.85. The first-order chi connectivity index (χ1) is 7.80. The Morgan fingerprint density at radius 2 is 2.25 bits per heavy atom. The van der Waals surface area contributed by atoms with Crippen molar-refractivity contribution in [2.24, 2.45) is 0 Å². The van der Waals surface area contributed by atoms with Crippen LogP contribution in [0.25, 0.3) is 10.8 Å². The zero-order chi connectivity index (χ0) is 11.0. The number of aliphatic hydroxyl groups is 1. The Kier molecular flexibility index (Phi) is 2.16. The topological polar surface area (TPSA) is 45.2 Å². The number of benzene rings is 1. The van der Waals surface area contributed by atoms with Crippen LogP contribution in [0.5, 0.6) is 0 Å². The smallest absolute Gasteiger partial charge is 0.104 e. The third-order valence-corrected chi connectivity index (χ3v) is 3.32. The van der Waals surface area contributed by atoms with Gasteiger partial charge in [-0.25, -0.2) is 0 Å². The average Bonchev–Trinajstić information content (AvgIpc) is 2.77. The summed E-state index contributed by atoms with van der Waals surface area (Å²) in [6.07, 6.45) is 4.38. The minimum atomic E-state index is -0.734. The molecule has 0 saturated carbocycles. The molecule has 0 aliphatic carbocycles. The molecule has 1 aliphatic rings. The van der Waals surface area contributed by atoms with E-state index in [0.29, 0.717) is 6.54 Å². The average molecular weight is 214 g/mol. The van der Waals surface area contributed by atoms with Gasteiger partial charge >= 0.3 is 0 Å². The predicted octanol–water partition coefficient (Wildman–Crippen LogP) is 1.42. The van der Waals surface area contributed by atoms with Gasteiger partial charge in [-0.2, -0.15) is 0 Å². The van der Waals surface area contributed by atoms with Gasteiger partial charge in [0.25, 0.3) is 0 Å². The van der Waals surface area contributed by atoms with Gasteiger partial charge in [-0.05, 0) is 30.0 Å². The summed E-state index contributed by atoms with van der Waals surface area (Å²) in [5.74, 6) is 0. The fourth-order valence-electron chi connectivity index (χ4n) is 2.43. The van der Waals surface area contributed by atoms with E-state index in [1.807, 2.05) is 30.5 Å². The number of pyridine rings is 1. The zero-order valence-corrected chi connectivity index (χ0v) is 8.98. The summed E-state index contributed by atoms with van der Waals surface area (Å²) in [6, 6.07) is 8.02. The van der Waals surface area contributed by atoms with Crippen molar-refractivity contribution in [1.82, 2.24) is 10.3 Å². The lowest BCUT2D eigenvalue weighted by atomic mass is 9.89. The summed E-state index contributed by atoms with van der Waals surface area (Å²) in [6.45, 7) is 1.49. The minimum absolute atomic E-state index is 0.626. The van der Waals surface area contributed by atoms with Crippen molar-refractivity contribution >= 4 is 10.8 Å². The first-order valence-corrected chi connectivity index (χ1v) is 5.56. The largest absolute Gasteiger partial charge is 0.384 e. The van der Waals surface area contributed by atoms with E-state index in [2.05, 4.69) is 10.3 Å². The molecule has 3 rings (SSSR count). The number of fused-ring (bicyclic) bond motifs is 1. The normalized spacial score (nSPS) is 25.1. The van der Waals surface area contributed by atoms with Gasteiger partial charge in [0.1, 0.15) is 5.60 Å². The lowest BCUT2D eigenvalue weighted by Crippen LogP contribution is -2.28. The van der Waals surface area contributed by atoms with Crippen molar-refractivity contribution in [2.45, 2.75) is 12.0 Å². The van der Waals surface area contributed by atoms with Crippen LogP contribution in [0.15, 0.2) is 36.7 Å². The standard InChI is InChI=1S/C13H14N2O/c16-13(5-7-15-9-13)12-3-1-2-10-4-6-14-8-11(10)12/h1-4,6,8,15-16H,5,7,9H2. The molecular formula is C13H14N2O. The number of nitrogens with one attached hydrogen (secondary N) is 1. The van der Waals surface area contributed by atoms with Gasteiger partial charge in [-0.1, -0.05) is 18.2 Å². The summed E-state index contributed by atoms with van der Waals surface area (Å²) in [7, 11) is 0. The van der Waals surface area contributed by atoms with Crippen LogP contribution in [-0.2, 0) is 5.60 Å². The van der Waals surface area contributed by atoms with Crippen LogP contribution >= 0.6 is 0 Å². The first-order valence-electron chi connectivity index (χ1n) is 5.56. The first kappa shape index (κ1) is 9.75. The lowest BCUT2D eigenvalue weighted by molar-refractivity contribution is 0.0603. The molecule has 82 valence electrons.